The summed E-state index contributed by atoms with van der Waals surface area (Å²) in [5, 5.41) is 11.6. The summed E-state index contributed by atoms with van der Waals surface area (Å²) in [5.41, 5.74) is -2.72. The van der Waals surface area contributed by atoms with Crippen LogP contribution in [0, 0.1) is 5.92 Å². The molecular formula is C24H37NO6. The number of unbranched alkanes of at least 4 members (excludes halogenated alkanes) is 1. The molecule has 0 aromatic heterocycles. The molecule has 0 radical (unpaired) electrons. The fourth-order valence-corrected chi connectivity index (χ4v) is 3.42. The fourth-order valence-electron chi connectivity index (χ4n) is 3.42. The number of allylic oxidation sites excluding steroid dienone is 2. The number of hydrogen-bond acceptors (Lipinski definition) is 6. The van der Waals surface area contributed by atoms with Gasteiger partial charge in [0.25, 0.3) is 0 Å². The molecule has 2 unspecified atom stereocenters. The van der Waals surface area contributed by atoms with E-state index in [2.05, 4.69) is 6.92 Å². The van der Waals surface area contributed by atoms with Crippen molar-refractivity contribution in [1.29, 1.82) is 0 Å². The van der Waals surface area contributed by atoms with Gasteiger partial charge in [-0.05, 0) is 60.8 Å². The Labute approximate surface area is 185 Å². The molecule has 0 saturated carbocycles. The van der Waals surface area contributed by atoms with E-state index in [4.69, 9.17) is 14.2 Å². The van der Waals surface area contributed by atoms with Crippen LogP contribution < -0.4 is 0 Å². The number of Topliss-reactive ketones (excluding diaryl/α,β-unsaturated/α-hetero) is 1. The first-order valence-corrected chi connectivity index (χ1v) is 11.1. The van der Waals surface area contributed by atoms with E-state index in [1.807, 2.05) is 6.08 Å². The van der Waals surface area contributed by atoms with Gasteiger partial charge in [0, 0.05) is 6.20 Å². The molecule has 2 atom stereocenters. The summed E-state index contributed by atoms with van der Waals surface area (Å²) < 4.78 is 17.0. The summed E-state index contributed by atoms with van der Waals surface area (Å²) in [6, 6.07) is 0. The topological polar surface area (TPSA) is 85.3 Å². The Hall–Kier alpha value is -2.28. The Kier molecular flexibility index (Phi) is 7.63. The molecule has 0 saturated heterocycles. The molecule has 31 heavy (non-hydrogen) atoms. The average molecular weight is 436 g/mol. The van der Waals surface area contributed by atoms with Crippen LogP contribution in [-0.4, -0.2) is 45.3 Å². The first kappa shape index (κ1) is 25.0. The predicted octanol–water partition coefficient (Wildman–Crippen LogP) is 4.82. The van der Waals surface area contributed by atoms with E-state index in [1.165, 1.54) is 4.90 Å². The van der Waals surface area contributed by atoms with Crippen LogP contribution in [0.5, 0.6) is 0 Å². The summed E-state index contributed by atoms with van der Waals surface area (Å²) in [6.07, 6.45) is 6.80. The molecule has 1 aliphatic heterocycles. The molecule has 0 spiro atoms. The third-order valence-electron chi connectivity index (χ3n) is 4.74. The molecule has 7 nitrogen and oxygen atoms in total. The maximum Gasteiger partial charge on any atom is 0.418 e. The van der Waals surface area contributed by atoms with Gasteiger partial charge in [0.15, 0.2) is 5.76 Å². The van der Waals surface area contributed by atoms with Crippen LogP contribution in [0.15, 0.2) is 35.6 Å². The summed E-state index contributed by atoms with van der Waals surface area (Å²) in [6.45, 7) is 14.6. The van der Waals surface area contributed by atoms with Crippen molar-refractivity contribution in [2.75, 3.05) is 0 Å². The van der Waals surface area contributed by atoms with Crippen LogP contribution in [-0.2, 0) is 19.0 Å². The maximum atomic E-state index is 13.1. The van der Waals surface area contributed by atoms with Crippen molar-refractivity contribution in [3.8, 4) is 0 Å². The number of amides is 1. The van der Waals surface area contributed by atoms with Crippen LogP contribution in [0.3, 0.4) is 0 Å². The Morgan fingerprint density at radius 2 is 1.81 bits per heavy atom. The Balaban J connectivity index is 2.52. The van der Waals surface area contributed by atoms with Crippen LogP contribution in [0.1, 0.15) is 74.7 Å². The molecule has 0 aromatic rings. The highest BCUT2D eigenvalue weighted by molar-refractivity contribution is 6.13. The molecule has 1 N–H and O–H groups in total. The van der Waals surface area contributed by atoms with E-state index < -0.39 is 23.1 Å². The molecule has 1 amide bonds. The summed E-state index contributed by atoms with van der Waals surface area (Å²) >= 11 is 0. The second-order valence-electron chi connectivity index (χ2n) is 9.58. The lowest BCUT2D eigenvalue weighted by molar-refractivity contribution is -0.147. The number of carbonyl (C=O) groups excluding carboxylic acids is 2. The van der Waals surface area contributed by atoms with E-state index in [0.717, 1.165) is 19.3 Å². The number of carbonyl (C=O) groups is 2. The molecule has 0 bridgehead atoms. The van der Waals surface area contributed by atoms with Gasteiger partial charge in [-0.1, -0.05) is 31.9 Å². The number of hydrogen-bond donors (Lipinski definition) is 1. The predicted molar refractivity (Wildman–Crippen MR) is 118 cm³/mol. The Morgan fingerprint density at radius 1 is 1.19 bits per heavy atom. The van der Waals surface area contributed by atoms with Crippen LogP contribution >= 0.6 is 0 Å². The van der Waals surface area contributed by atoms with Gasteiger partial charge in [0.05, 0.1) is 17.9 Å². The molecule has 174 valence electrons. The van der Waals surface area contributed by atoms with Crippen LogP contribution in [0.2, 0.25) is 0 Å². The van der Waals surface area contributed by atoms with Crippen LogP contribution in [0.25, 0.3) is 0 Å². The average Bonchev–Trinajstić information content (AvgIpc) is 2.66. The van der Waals surface area contributed by atoms with Gasteiger partial charge in [-0.3, -0.25) is 9.69 Å². The van der Waals surface area contributed by atoms with Gasteiger partial charge < -0.3 is 19.3 Å². The van der Waals surface area contributed by atoms with E-state index in [0.29, 0.717) is 0 Å². The Bertz CT molecular complexity index is 786. The second kappa shape index (κ2) is 9.47. The maximum absolute atomic E-state index is 13.1. The van der Waals surface area contributed by atoms with Crippen molar-refractivity contribution in [3.05, 3.63) is 35.6 Å². The van der Waals surface area contributed by atoms with Gasteiger partial charge in [0.1, 0.15) is 5.60 Å². The molecule has 0 fully saturated rings. The van der Waals surface area contributed by atoms with Crippen molar-refractivity contribution in [3.63, 3.8) is 0 Å². The van der Waals surface area contributed by atoms with Crippen molar-refractivity contribution < 1.29 is 28.9 Å². The van der Waals surface area contributed by atoms with Gasteiger partial charge in [-0.15, -0.1) is 0 Å². The first-order chi connectivity index (χ1) is 14.3. The molecule has 1 aliphatic carbocycles. The van der Waals surface area contributed by atoms with Crippen LogP contribution in [0.4, 0.5) is 4.79 Å². The minimum absolute atomic E-state index is 0.00380. The monoisotopic (exact) mass is 435 g/mol. The lowest BCUT2D eigenvalue weighted by atomic mass is 9.77. The highest BCUT2D eigenvalue weighted by atomic mass is 16.6. The summed E-state index contributed by atoms with van der Waals surface area (Å²) in [5.74, 6) is -0.622. The molecule has 2 aliphatic rings. The highest BCUT2D eigenvalue weighted by Gasteiger charge is 2.62. The van der Waals surface area contributed by atoms with E-state index in [-0.39, 0.29) is 35.3 Å². The smallest absolute Gasteiger partial charge is 0.418 e. The van der Waals surface area contributed by atoms with Crippen molar-refractivity contribution in [1.82, 2.24) is 4.90 Å². The number of rotatable bonds is 8. The van der Waals surface area contributed by atoms with Gasteiger partial charge in [-0.25, -0.2) is 4.79 Å². The van der Waals surface area contributed by atoms with E-state index >= 15 is 0 Å². The molecule has 1 heterocycles. The fraction of sp³-hybridized carbons (Fsp3) is 0.667. The van der Waals surface area contributed by atoms with E-state index in [9.17, 15) is 14.7 Å². The first-order valence-electron chi connectivity index (χ1n) is 11.1. The standard InChI is InChI=1S/C24H37NO6/c1-9-10-11-17-12-13-25(22(27)31-23(6,7)8)18(14-17)24(28)20(26)19(29-15(2)3)21(24)30-16(4)5/h12-17,28H,9-11H2,1-8H3. The Morgan fingerprint density at radius 3 is 2.32 bits per heavy atom. The normalized spacial score (nSPS) is 23.8. The van der Waals surface area contributed by atoms with Gasteiger partial charge >= 0.3 is 6.09 Å². The third-order valence-corrected chi connectivity index (χ3v) is 4.74. The number of nitrogens with zero attached hydrogens (tertiary/aromatic N) is 1. The molecule has 0 aromatic carbocycles. The second-order valence-corrected chi connectivity index (χ2v) is 9.58. The van der Waals surface area contributed by atoms with Crippen molar-refractivity contribution in [2.45, 2.75) is 98.1 Å². The zero-order valence-corrected chi connectivity index (χ0v) is 20.0. The SMILES string of the molecule is CCCCC1C=CN(C(=O)OC(C)(C)C)C(C2(O)C(=O)C(OC(C)C)=C2OC(C)C)=C1. The quantitative estimate of drug-likeness (QED) is 0.588. The molecule has 7 heteroatoms. The molecule has 2 rings (SSSR count). The zero-order chi connectivity index (χ0) is 23.6. The zero-order valence-electron chi connectivity index (χ0n) is 20.0. The third kappa shape index (κ3) is 5.50. The minimum Gasteiger partial charge on any atom is -0.487 e. The minimum atomic E-state index is -2.11. The number of ketones is 1. The lowest BCUT2D eigenvalue weighted by Crippen LogP contribution is -2.58. The summed E-state index contributed by atoms with van der Waals surface area (Å²) in [4.78, 5) is 27.3. The number of ether oxygens (including phenoxy) is 3. The lowest BCUT2D eigenvalue weighted by Gasteiger charge is -2.44. The number of aliphatic hydroxyl groups is 1. The highest BCUT2D eigenvalue weighted by Crippen LogP contribution is 2.46. The molecular weight excluding hydrogens is 398 g/mol. The summed E-state index contributed by atoms with van der Waals surface area (Å²) in [7, 11) is 0. The van der Waals surface area contributed by atoms with E-state index in [1.54, 1.807) is 60.7 Å². The van der Waals surface area contributed by atoms with Crippen molar-refractivity contribution in [2.24, 2.45) is 5.92 Å². The van der Waals surface area contributed by atoms with Gasteiger partial charge in [-0.2, -0.15) is 0 Å². The van der Waals surface area contributed by atoms with Crippen molar-refractivity contribution >= 4 is 11.9 Å². The largest absolute Gasteiger partial charge is 0.487 e. The van der Waals surface area contributed by atoms with Gasteiger partial charge in [0.2, 0.25) is 17.1 Å².